The van der Waals surface area contributed by atoms with Crippen LogP contribution in [-0.4, -0.2) is 11.1 Å². The maximum Gasteiger partial charge on any atom is 0.0697 e. The molecule has 2 nitrogen and oxygen atoms in total. The summed E-state index contributed by atoms with van der Waals surface area (Å²) in [5.74, 6) is 0. The molecule has 0 saturated heterocycles. The summed E-state index contributed by atoms with van der Waals surface area (Å²) < 4.78 is 0. The zero-order valence-corrected chi connectivity index (χ0v) is 9.65. The lowest BCUT2D eigenvalue weighted by molar-refractivity contribution is 0.282. The van der Waals surface area contributed by atoms with Crippen LogP contribution >= 0.6 is 23.2 Å². The number of aliphatic hydroxyl groups is 1. The third-order valence-corrected chi connectivity index (χ3v) is 2.42. The molecule has 78 valence electrons. The molecule has 0 fully saturated rings. The molecular weight excluding hydrogens is 221 g/mol. The molecule has 0 amide bonds. The maximum atomic E-state index is 9.01. The van der Waals surface area contributed by atoms with Crippen LogP contribution in [0.2, 0.25) is 10.0 Å². The molecule has 0 aliphatic heterocycles. The molecule has 0 saturated carbocycles. The monoisotopic (exact) mass is 233 g/mol. The Balaban J connectivity index is 3.04. The number of nitrogens with one attached hydrogen (secondary N) is 1. The van der Waals surface area contributed by atoms with E-state index >= 15 is 0 Å². The van der Waals surface area contributed by atoms with Gasteiger partial charge < -0.3 is 10.4 Å². The molecule has 0 spiro atoms. The maximum absolute atomic E-state index is 9.01. The summed E-state index contributed by atoms with van der Waals surface area (Å²) in [5, 5.41) is 13.2. The van der Waals surface area contributed by atoms with Gasteiger partial charge in [0, 0.05) is 11.1 Å². The molecule has 0 atom stereocenters. The first-order chi connectivity index (χ1) is 6.54. The molecule has 1 aromatic carbocycles. The molecule has 0 unspecified atom stereocenters. The van der Waals surface area contributed by atoms with Gasteiger partial charge in [-0.2, -0.15) is 0 Å². The fourth-order valence-corrected chi connectivity index (χ4v) is 1.63. The van der Waals surface area contributed by atoms with Crippen molar-refractivity contribution in [3.63, 3.8) is 0 Å². The average Bonchev–Trinajstić information content (AvgIpc) is 2.09. The number of benzene rings is 1. The minimum atomic E-state index is -0.0806. The number of rotatable bonds is 3. The van der Waals surface area contributed by atoms with Gasteiger partial charge in [-0.1, -0.05) is 23.2 Å². The van der Waals surface area contributed by atoms with Crippen molar-refractivity contribution in [2.24, 2.45) is 0 Å². The lowest BCUT2D eigenvalue weighted by Gasteiger charge is -2.13. The highest BCUT2D eigenvalue weighted by Crippen LogP contribution is 2.29. The average molecular weight is 234 g/mol. The second-order valence-corrected chi connectivity index (χ2v) is 4.20. The first-order valence-corrected chi connectivity index (χ1v) is 5.15. The Labute approximate surface area is 93.8 Å². The zero-order chi connectivity index (χ0) is 10.7. The van der Waals surface area contributed by atoms with Crippen molar-refractivity contribution < 1.29 is 5.11 Å². The van der Waals surface area contributed by atoms with E-state index in [1.807, 2.05) is 13.8 Å². The lowest BCUT2D eigenvalue weighted by Crippen LogP contribution is -2.10. The SMILES string of the molecule is CC(C)Nc1cc(CO)c(Cl)cc1Cl. The van der Waals surface area contributed by atoms with E-state index in [-0.39, 0.29) is 6.61 Å². The van der Waals surface area contributed by atoms with Crippen molar-refractivity contribution in [2.45, 2.75) is 26.5 Å². The largest absolute Gasteiger partial charge is 0.392 e. The van der Waals surface area contributed by atoms with Gasteiger partial charge in [-0.25, -0.2) is 0 Å². The summed E-state index contributed by atoms with van der Waals surface area (Å²) in [5.41, 5.74) is 1.48. The molecule has 0 aliphatic carbocycles. The second kappa shape index (κ2) is 4.87. The van der Waals surface area contributed by atoms with E-state index in [1.165, 1.54) is 0 Å². The van der Waals surface area contributed by atoms with Crippen LogP contribution in [-0.2, 0) is 6.61 Å². The van der Waals surface area contributed by atoms with E-state index in [2.05, 4.69) is 5.32 Å². The van der Waals surface area contributed by atoms with Gasteiger partial charge in [0.05, 0.1) is 17.3 Å². The molecule has 0 bridgehead atoms. The first kappa shape index (κ1) is 11.6. The molecule has 1 aromatic rings. The third kappa shape index (κ3) is 2.77. The van der Waals surface area contributed by atoms with Crippen LogP contribution in [0.25, 0.3) is 0 Å². The molecule has 4 heteroatoms. The van der Waals surface area contributed by atoms with Crippen LogP contribution in [0.5, 0.6) is 0 Å². The molecule has 2 N–H and O–H groups in total. The fraction of sp³-hybridized carbons (Fsp3) is 0.400. The van der Waals surface area contributed by atoms with E-state index < -0.39 is 0 Å². The van der Waals surface area contributed by atoms with Gasteiger partial charge in [-0.05, 0) is 31.5 Å². The summed E-state index contributed by atoms with van der Waals surface area (Å²) in [6.45, 7) is 3.95. The summed E-state index contributed by atoms with van der Waals surface area (Å²) in [4.78, 5) is 0. The highest BCUT2D eigenvalue weighted by Gasteiger charge is 2.07. The van der Waals surface area contributed by atoms with E-state index in [4.69, 9.17) is 28.3 Å². The van der Waals surface area contributed by atoms with Crippen molar-refractivity contribution in [1.82, 2.24) is 0 Å². The highest BCUT2D eigenvalue weighted by atomic mass is 35.5. The number of halogens is 2. The van der Waals surface area contributed by atoms with E-state index in [0.717, 1.165) is 5.69 Å². The topological polar surface area (TPSA) is 32.3 Å². The normalized spacial score (nSPS) is 10.7. The van der Waals surface area contributed by atoms with E-state index in [9.17, 15) is 0 Å². The summed E-state index contributed by atoms with van der Waals surface area (Å²) in [6, 6.07) is 3.70. The van der Waals surface area contributed by atoms with E-state index in [1.54, 1.807) is 12.1 Å². The minimum absolute atomic E-state index is 0.0806. The van der Waals surface area contributed by atoms with E-state index in [0.29, 0.717) is 21.7 Å². The Kier molecular flexibility index (Phi) is 4.05. The number of hydrogen-bond acceptors (Lipinski definition) is 2. The Morgan fingerprint density at radius 3 is 2.43 bits per heavy atom. The van der Waals surface area contributed by atoms with Gasteiger partial charge in [-0.15, -0.1) is 0 Å². The Bertz CT molecular complexity index is 326. The van der Waals surface area contributed by atoms with Gasteiger partial charge in [0.1, 0.15) is 0 Å². The second-order valence-electron chi connectivity index (χ2n) is 3.38. The summed E-state index contributed by atoms with van der Waals surface area (Å²) in [7, 11) is 0. The number of aliphatic hydroxyl groups excluding tert-OH is 1. The summed E-state index contributed by atoms with van der Waals surface area (Å²) in [6.07, 6.45) is 0. The lowest BCUT2D eigenvalue weighted by atomic mass is 10.2. The standard InChI is InChI=1S/C10H13Cl2NO/c1-6(2)13-10-3-7(5-14)8(11)4-9(10)12/h3-4,6,13-14H,5H2,1-2H3. The van der Waals surface area contributed by atoms with Crippen molar-refractivity contribution >= 4 is 28.9 Å². The van der Waals surface area contributed by atoms with Crippen LogP contribution in [0, 0.1) is 0 Å². The molecule has 0 aliphatic rings. The first-order valence-electron chi connectivity index (χ1n) is 4.40. The fourth-order valence-electron chi connectivity index (χ4n) is 1.14. The number of anilines is 1. The van der Waals surface area contributed by atoms with Crippen molar-refractivity contribution in [1.29, 1.82) is 0 Å². The molecule has 14 heavy (non-hydrogen) atoms. The molecule has 1 rings (SSSR count). The van der Waals surface area contributed by atoms with Crippen LogP contribution in [0.1, 0.15) is 19.4 Å². The zero-order valence-electron chi connectivity index (χ0n) is 8.14. The quantitative estimate of drug-likeness (QED) is 0.840. The highest BCUT2D eigenvalue weighted by molar-refractivity contribution is 6.36. The van der Waals surface area contributed by atoms with Gasteiger partial charge in [0.25, 0.3) is 0 Å². The van der Waals surface area contributed by atoms with Crippen molar-refractivity contribution in [2.75, 3.05) is 5.32 Å². The summed E-state index contributed by atoms with van der Waals surface area (Å²) >= 11 is 11.8. The molecule has 0 radical (unpaired) electrons. The van der Waals surface area contributed by atoms with Crippen molar-refractivity contribution in [3.05, 3.63) is 27.7 Å². The predicted octanol–water partition coefficient (Wildman–Crippen LogP) is 3.31. The molecular formula is C10H13Cl2NO. The smallest absolute Gasteiger partial charge is 0.0697 e. The Hall–Kier alpha value is -0.440. The number of hydrogen-bond donors (Lipinski definition) is 2. The minimum Gasteiger partial charge on any atom is -0.392 e. The van der Waals surface area contributed by atoms with Gasteiger partial charge in [0.2, 0.25) is 0 Å². The molecule has 0 heterocycles. The van der Waals surface area contributed by atoms with Crippen LogP contribution < -0.4 is 5.32 Å². The Morgan fingerprint density at radius 1 is 1.29 bits per heavy atom. The van der Waals surface area contributed by atoms with Gasteiger partial charge in [-0.3, -0.25) is 0 Å². The van der Waals surface area contributed by atoms with Crippen LogP contribution in [0.3, 0.4) is 0 Å². The molecule has 0 aromatic heterocycles. The third-order valence-electron chi connectivity index (χ3n) is 1.75. The van der Waals surface area contributed by atoms with Crippen LogP contribution in [0.15, 0.2) is 12.1 Å². The van der Waals surface area contributed by atoms with Crippen LogP contribution in [0.4, 0.5) is 5.69 Å². The van der Waals surface area contributed by atoms with Gasteiger partial charge in [0.15, 0.2) is 0 Å². The predicted molar refractivity (Wildman–Crippen MR) is 61.1 cm³/mol. The Morgan fingerprint density at radius 2 is 1.93 bits per heavy atom. The van der Waals surface area contributed by atoms with Crippen molar-refractivity contribution in [3.8, 4) is 0 Å². The van der Waals surface area contributed by atoms with Gasteiger partial charge >= 0.3 is 0 Å².